The molecule has 1 saturated heterocycles. The fraction of sp³-hybridized carbons (Fsp3) is 0.800. The van der Waals surface area contributed by atoms with E-state index in [-0.39, 0.29) is 0 Å². The second-order valence-corrected chi connectivity index (χ2v) is 6.51. The quantitative estimate of drug-likeness (QED) is 0.907. The first kappa shape index (κ1) is 14.4. The highest BCUT2D eigenvalue weighted by Crippen LogP contribution is 2.22. The molecule has 1 fully saturated rings. The van der Waals surface area contributed by atoms with Crippen molar-refractivity contribution in [3.63, 3.8) is 0 Å². The molecule has 1 aromatic heterocycles. The Morgan fingerprint density at radius 1 is 1.37 bits per heavy atom. The van der Waals surface area contributed by atoms with Crippen molar-refractivity contribution in [1.29, 1.82) is 0 Å². The maximum absolute atomic E-state index is 4.47. The van der Waals surface area contributed by atoms with Crippen molar-refractivity contribution in [3.8, 4) is 0 Å². The highest BCUT2D eigenvalue weighted by Gasteiger charge is 2.26. The highest BCUT2D eigenvalue weighted by atomic mass is 15.3. The zero-order valence-electron chi connectivity index (χ0n) is 12.9. The molecular weight excluding hydrogens is 236 g/mol. The Bertz CT molecular complexity index is 397. The van der Waals surface area contributed by atoms with E-state index in [0.717, 1.165) is 19.0 Å². The van der Waals surface area contributed by atoms with Crippen LogP contribution in [0, 0.1) is 5.92 Å². The van der Waals surface area contributed by atoms with Crippen LogP contribution in [0.5, 0.6) is 0 Å². The predicted molar refractivity (Wildman–Crippen MR) is 80.7 cm³/mol. The zero-order valence-corrected chi connectivity index (χ0v) is 12.9. The van der Waals surface area contributed by atoms with Crippen LogP contribution in [-0.4, -0.2) is 35.0 Å². The Labute approximate surface area is 117 Å². The zero-order chi connectivity index (χ0) is 14.0. The van der Waals surface area contributed by atoms with Crippen LogP contribution in [0.2, 0.25) is 0 Å². The van der Waals surface area contributed by atoms with Crippen LogP contribution in [0.1, 0.15) is 47.1 Å². The average Bonchev–Trinajstić information content (AvgIpc) is 2.80. The first-order valence-corrected chi connectivity index (χ1v) is 7.51. The lowest BCUT2D eigenvalue weighted by atomic mass is 10.00. The number of anilines is 1. The third-order valence-electron chi connectivity index (χ3n) is 3.86. The molecule has 1 N–H and O–H groups in total. The van der Waals surface area contributed by atoms with Gasteiger partial charge < -0.3 is 10.2 Å². The van der Waals surface area contributed by atoms with Crippen molar-refractivity contribution in [2.24, 2.45) is 5.92 Å². The first-order valence-electron chi connectivity index (χ1n) is 7.51. The summed E-state index contributed by atoms with van der Waals surface area (Å²) in [5.74, 6) is 0.742. The predicted octanol–water partition coefficient (Wildman–Crippen LogP) is 2.68. The molecule has 0 radical (unpaired) electrons. The van der Waals surface area contributed by atoms with Gasteiger partial charge in [0.15, 0.2) is 0 Å². The molecule has 4 heteroatoms. The third kappa shape index (κ3) is 3.50. The van der Waals surface area contributed by atoms with E-state index in [1.54, 1.807) is 0 Å². The average molecular weight is 264 g/mol. The van der Waals surface area contributed by atoms with Gasteiger partial charge in [-0.25, -0.2) is 0 Å². The van der Waals surface area contributed by atoms with Crippen LogP contribution in [-0.2, 0) is 0 Å². The van der Waals surface area contributed by atoms with Gasteiger partial charge in [0.1, 0.15) is 0 Å². The van der Waals surface area contributed by atoms with E-state index in [1.165, 1.54) is 12.1 Å². The Hall–Kier alpha value is -1.03. The number of rotatable bonds is 4. The Kier molecular flexibility index (Phi) is 4.50. The van der Waals surface area contributed by atoms with Crippen molar-refractivity contribution in [1.82, 2.24) is 15.1 Å². The van der Waals surface area contributed by atoms with Crippen LogP contribution in [0.15, 0.2) is 12.4 Å². The van der Waals surface area contributed by atoms with Gasteiger partial charge in [0.2, 0.25) is 0 Å². The minimum absolute atomic E-state index is 0.429. The summed E-state index contributed by atoms with van der Waals surface area (Å²) in [6.45, 7) is 13.3. The monoisotopic (exact) mass is 264 g/mol. The smallest absolute Gasteiger partial charge is 0.0756 e. The van der Waals surface area contributed by atoms with Crippen molar-refractivity contribution >= 4 is 5.69 Å². The fourth-order valence-corrected chi connectivity index (χ4v) is 2.77. The molecule has 1 aliphatic heterocycles. The summed E-state index contributed by atoms with van der Waals surface area (Å²) in [7, 11) is 0. The van der Waals surface area contributed by atoms with Gasteiger partial charge in [0, 0.05) is 37.4 Å². The standard InChI is InChI=1S/C15H28N4/c1-11(2)6-14-9-18(13(5)7-16-14)15-8-17-19(10-15)12(3)4/h8,10-14,16H,6-7,9H2,1-5H3. The van der Waals surface area contributed by atoms with E-state index >= 15 is 0 Å². The van der Waals surface area contributed by atoms with Crippen molar-refractivity contribution in [2.45, 2.75) is 59.2 Å². The van der Waals surface area contributed by atoms with Crippen LogP contribution >= 0.6 is 0 Å². The van der Waals surface area contributed by atoms with Gasteiger partial charge in [-0.05, 0) is 33.1 Å². The van der Waals surface area contributed by atoms with Crippen LogP contribution in [0.25, 0.3) is 0 Å². The summed E-state index contributed by atoms with van der Waals surface area (Å²) in [5.41, 5.74) is 1.26. The van der Waals surface area contributed by atoms with Gasteiger partial charge >= 0.3 is 0 Å². The van der Waals surface area contributed by atoms with Crippen molar-refractivity contribution in [2.75, 3.05) is 18.0 Å². The maximum Gasteiger partial charge on any atom is 0.0756 e. The minimum atomic E-state index is 0.429. The van der Waals surface area contributed by atoms with E-state index in [2.05, 4.69) is 56.1 Å². The molecule has 0 aliphatic carbocycles. The maximum atomic E-state index is 4.47. The molecule has 4 nitrogen and oxygen atoms in total. The van der Waals surface area contributed by atoms with Crippen molar-refractivity contribution < 1.29 is 0 Å². The number of nitrogens with zero attached hydrogens (tertiary/aromatic N) is 3. The highest BCUT2D eigenvalue weighted by molar-refractivity contribution is 5.44. The molecule has 1 aromatic rings. The van der Waals surface area contributed by atoms with E-state index in [0.29, 0.717) is 18.1 Å². The summed E-state index contributed by atoms with van der Waals surface area (Å²) >= 11 is 0. The summed E-state index contributed by atoms with van der Waals surface area (Å²) < 4.78 is 2.04. The lowest BCUT2D eigenvalue weighted by molar-refractivity contribution is 0.356. The van der Waals surface area contributed by atoms with Crippen LogP contribution in [0.3, 0.4) is 0 Å². The van der Waals surface area contributed by atoms with Crippen LogP contribution < -0.4 is 10.2 Å². The summed E-state index contributed by atoms with van der Waals surface area (Å²) in [6.07, 6.45) is 5.43. The SMILES string of the molecule is CC(C)CC1CN(c2cnn(C(C)C)c2)C(C)CN1. The van der Waals surface area contributed by atoms with E-state index < -0.39 is 0 Å². The second-order valence-electron chi connectivity index (χ2n) is 6.51. The number of hydrogen-bond acceptors (Lipinski definition) is 3. The topological polar surface area (TPSA) is 33.1 Å². The van der Waals surface area contributed by atoms with Gasteiger partial charge in [0.05, 0.1) is 11.9 Å². The number of hydrogen-bond donors (Lipinski definition) is 1. The summed E-state index contributed by atoms with van der Waals surface area (Å²) in [5, 5.41) is 8.13. The lowest BCUT2D eigenvalue weighted by Crippen LogP contribution is -2.55. The van der Waals surface area contributed by atoms with Gasteiger partial charge in [0.25, 0.3) is 0 Å². The molecule has 0 saturated carbocycles. The molecule has 2 rings (SSSR count). The molecule has 0 amide bonds. The fourth-order valence-electron chi connectivity index (χ4n) is 2.77. The molecule has 0 spiro atoms. The van der Waals surface area contributed by atoms with E-state index in [4.69, 9.17) is 0 Å². The van der Waals surface area contributed by atoms with Gasteiger partial charge in [-0.3, -0.25) is 4.68 Å². The number of piperazine rings is 1. The molecule has 1 aliphatic rings. The normalized spacial score (nSPS) is 24.5. The first-order chi connectivity index (χ1) is 8.97. The minimum Gasteiger partial charge on any atom is -0.363 e. The molecule has 0 aromatic carbocycles. The summed E-state index contributed by atoms with van der Waals surface area (Å²) in [4.78, 5) is 2.50. The van der Waals surface area contributed by atoms with E-state index in [9.17, 15) is 0 Å². The Morgan fingerprint density at radius 2 is 2.11 bits per heavy atom. The Balaban J connectivity index is 2.07. The Morgan fingerprint density at radius 3 is 2.68 bits per heavy atom. The van der Waals surface area contributed by atoms with E-state index in [1.807, 2.05) is 10.9 Å². The second kappa shape index (κ2) is 5.95. The number of aromatic nitrogens is 2. The molecule has 2 unspecified atom stereocenters. The molecule has 2 heterocycles. The molecule has 0 bridgehead atoms. The van der Waals surface area contributed by atoms with Gasteiger partial charge in [-0.2, -0.15) is 5.10 Å². The van der Waals surface area contributed by atoms with Gasteiger partial charge in [-0.15, -0.1) is 0 Å². The largest absolute Gasteiger partial charge is 0.363 e. The molecule has 19 heavy (non-hydrogen) atoms. The molecule has 2 atom stereocenters. The van der Waals surface area contributed by atoms with Crippen molar-refractivity contribution in [3.05, 3.63) is 12.4 Å². The lowest BCUT2D eigenvalue weighted by Gasteiger charge is -2.40. The molecular formula is C15H28N4. The van der Waals surface area contributed by atoms with Gasteiger partial charge in [-0.1, -0.05) is 13.8 Å². The third-order valence-corrected chi connectivity index (χ3v) is 3.86. The number of nitrogens with one attached hydrogen (secondary N) is 1. The molecule has 108 valence electrons. The summed E-state index contributed by atoms with van der Waals surface area (Å²) in [6, 6.07) is 1.56. The van der Waals surface area contributed by atoms with Crippen LogP contribution in [0.4, 0.5) is 5.69 Å².